The van der Waals surface area contributed by atoms with E-state index in [-0.39, 0.29) is 0 Å². The number of rotatable bonds is 3. The van der Waals surface area contributed by atoms with Gasteiger partial charge >= 0.3 is 0 Å². The van der Waals surface area contributed by atoms with E-state index in [1.807, 2.05) is 0 Å². The number of piperidine rings is 1. The molecule has 2 saturated heterocycles. The fourth-order valence-electron chi connectivity index (χ4n) is 3.09. The van der Waals surface area contributed by atoms with Crippen molar-refractivity contribution in [2.45, 2.75) is 63.6 Å². The molecule has 3 nitrogen and oxygen atoms in total. The maximum atomic E-state index is 6.05. The van der Waals surface area contributed by atoms with Gasteiger partial charge in [0.2, 0.25) is 0 Å². The zero-order valence-corrected chi connectivity index (χ0v) is 10.5. The fourth-order valence-corrected chi connectivity index (χ4v) is 3.09. The lowest BCUT2D eigenvalue weighted by Gasteiger charge is -2.41. The lowest BCUT2D eigenvalue weighted by atomic mass is 9.95. The number of nitrogens with zero attached hydrogens (tertiary/aromatic N) is 1. The lowest BCUT2D eigenvalue weighted by Crippen LogP contribution is -2.50. The van der Waals surface area contributed by atoms with Crippen LogP contribution in [0.3, 0.4) is 0 Å². The van der Waals surface area contributed by atoms with Crippen molar-refractivity contribution in [3.8, 4) is 0 Å². The average Bonchev–Trinajstić information content (AvgIpc) is 2.30. The molecule has 0 aliphatic carbocycles. The summed E-state index contributed by atoms with van der Waals surface area (Å²) in [6.45, 7) is 5.53. The first-order chi connectivity index (χ1) is 7.79. The minimum Gasteiger partial charge on any atom is -0.378 e. The van der Waals surface area contributed by atoms with Crippen LogP contribution < -0.4 is 5.73 Å². The molecule has 2 aliphatic heterocycles. The molecule has 0 amide bonds. The molecule has 0 aromatic carbocycles. The highest BCUT2D eigenvalue weighted by atomic mass is 16.5. The predicted octanol–water partition coefficient (Wildman–Crippen LogP) is 1.76. The van der Waals surface area contributed by atoms with Gasteiger partial charge in [-0.3, -0.25) is 4.90 Å². The van der Waals surface area contributed by atoms with Crippen LogP contribution in [-0.2, 0) is 4.74 Å². The first-order valence-electron chi connectivity index (χ1n) is 6.90. The molecule has 16 heavy (non-hydrogen) atoms. The van der Waals surface area contributed by atoms with Crippen molar-refractivity contribution < 1.29 is 4.74 Å². The molecule has 0 saturated carbocycles. The van der Waals surface area contributed by atoms with Crippen LogP contribution in [0.15, 0.2) is 0 Å². The van der Waals surface area contributed by atoms with Crippen molar-refractivity contribution in [1.82, 2.24) is 4.90 Å². The van der Waals surface area contributed by atoms with Crippen LogP contribution in [0.5, 0.6) is 0 Å². The molecule has 2 fully saturated rings. The van der Waals surface area contributed by atoms with E-state index in [1.54, 1.807) is 0 Å². The zero-order valence-electron chi connectivity index (χ0n) is 10.5. The van der Waals surface area contributed by atoms with Gasteiger partial charge in [0.25, 0.3) is 0 Å². The Hall–Kier alpha value is -0.120. The van der Waals surface area contributed by atoms with Crippen LogP contribution in [0, 0.1) is 0 Å². The van der Waals surface area contributed by atoms with Crippen LogP contribution in [-0.4, -0.2) is 42.8 Å². The van der Waals surface area contributed by atoms with Gasteiger partial charge in [0, 0.05) is 25.2 Å². The van der Waals surface area contributed by atoms with Crippen molar-refractivity contribution in [3.05, 3.63) is 0 Å². The molecule has 2 rings (SSSR count). The van der Waals surface area contributed by atoms with Crippen LogP contribution in [0.1, 0.15) is 45.4 Å². The second-order valence-corrected chi connectivity index (χ2v) is 5.36. The van der Waals surface area contributed by atoms with Crippen LogP contribution in [0.4, 0.5) is 0 Å². The van der Waals surface area contributed by atoms with Crippen LogP contribution >= 0.6 is 0 Å². The van der Waals surface area contributed by atoms with Gasteiger partial charge in [-0.25, -0.2) is 0 Å². The number of hydrogen-bond donors (Lipinski definition) is 1. The molecule has 0 radical (unpaired) electrons. The Bertz CT molecular complexity index is 208. The predicted molar refractivity (Wildman–Crippen MR) is 66.5 cm³/mol. The number of likely N-dealkylation sites (tertiary alicyclic amines) is 1. The molecule has 94 valence electrons. The van der Waals surface area contributed by atoms with Crippen molar-refractivity contribution in [3.63, 3.8) is 0 Å². The molecule has 0 aromatic rings. The largest absolute Gasteiger partial charge is 0.378 e. The molecule has 2 heterocycles. The summed E-state index contributed by atoms with van der Waals surface area (Å²) in [5, 5.41) is 0. The summed E-state index contributed by atoms with van der Waals surface area (Å²) in [6, 6.07) is 1.14. The summed E-state index contributed by atoms with van der Waals surface area (Å²) < 4.78 is 5.81. The number of hydrogen-bond acceptors (Lipinski definition) is 3. The maximum Gasteiger partial charge on any atom is 0.0590 e. The Morgan fingerprint density at radius 2 is 2.25 bits per heavy atom. The van der Waals surface area contributed by atoms with Crippen molar-refractivity contribution >= 4 is 0 Å². The normalized spacial score (nSPS) is 37.5. The molecule has 3 atom stereocenters. The molecule has 0 aromatic heterocycles. The topological polar surface area (TPSA) is 38.5 Å². The van der Waals surface area contributed by atoms with E-state index in [9.17, 15) is 0 Å². The second kappa shape index (κ2) is 5.99. The Balaban J connectivity index is 1.83. The highest BCUT2D eigenvalue weighted by molar-refractivity contribution is 4.84. The maximum absolute atomic E-state index is 6.05. The molecule has 0 spiro atoms. The number of nitrogens with two attached hydrogens (primary N) is 1. The van der Waals surface area contributed by atoms with Gasteiger partial charge in [-0.1, -0.05) is 13.3 Å². The van der Waals surface area contributed by atoms with E-state index >= 15 is 0 Å². The van der Waals surface area contributed by atoms with Gasteiger partial charge in [0.15, 0.2) is 0 Å². The third-order valence-corrected chi connectivity index (χ3v) is 3.96. The highest BCUT2D eigenvalue weighted by Crippen LogP contribution is 2.24. The van der Waals surface area contributed by atoms with E-state index in [0.29, 0.717) is 12.1 Å². The molecular weight excluding hydrogens is 200 g/mol. The van der Waals surface area contributed by atoms with Crippen molar-refractivity contribution in [2.24, 2.45) is 5.73 Å². The Morgan fingerprint density at radius 3 is 3.00 bits per heavy atom. The minimum absolute atomic E-state index is 0.404. The SMILES string of the molecule is CCCC1CC(N2CCCC(N)C2)CCO1. The Labute approximate surface area is 99.3 Å². The van der Waals surface area contributed by atoms with Gasteiger partial charge in [-0.15, -0.1) is 0 Å². The molecule has 3 unspecified atom stereocenters. The molecule has 2 aliphatic rings. The quantitative estimate of drug-likeness (QED) is 0.797. The average molecular weight is 226 g/mol. The minimum atomic E-state index is 0.404. The summed E-state index contributed by atoms with van der Waals surface area (Å²) in [7, 11) is 0. The first kappa shape index (κ1) is 12.3. The van der Waals surface area contributed by atoms with Crippen LogP contribution in [0.25, 0.3) is 0 Å². The number of ether oxygens (including phenoxy) is 1. The smallest absolute Gasteiger partial charge is 0.0590 e. The van der Waals surface area contributed by atoms with Gasteiger partial charge in [0.05, 0.1) is 6.10 Å². The summed E-state index contributed by atoms with van der Waals surface area (Å²) >= 11 is 0. The van der Waals surface area contributed by atoms with E-state index in [2.05, 4.69) is 11.8 Å². The monoisotopic (exact) mass is 226 g/mol. The van der Waals surface area contributed by atoms with Gasteiger partial charge in [0.1, 0.15) is 0 Å². The first-order valence-corrected chi connectivity index (χ1v) is 6.90. The van der Waals surface area contributed by atoms with Crippen LogP contribution in [0.2, 0.25) is 0 Å². The lowest BCUT2D eigenvalue weighted by molar-refractivity contribution is -0.0355. The van der Waals surface area contributed by atoms with E-state index in [0.717, 1.165) is 19.2 Å². The third kappa shape index (κ3) is 3.19. The molecule has 0 bridgehead atoms. The molecule has 2 N–H and O–H groups in total. The summed E-state index contributed by atoms with van der Waals surface area (Å²) in [6.07, 6.45) is 7.86. The fraction of sp³-hybridized carbons (Fsp3) is 1.00. The Morgan fingerprint density at radius 1 is 1.38 bits per heavy atom. The van der Waals surface area contributed by atoms with Gasteiger partial charge in [-0.05, 0) is 38.6 Å². The summed E-state index contributed by atoms with van der Waals surface area (Å²) in [5.41, 5.74) is 6.05. The van der Waals surface area contributed by atoms with Gasteiger partial charge < -0.3 is 10.5 Å². The standard InChI is InChI=1S/C13H26N2O/c1-2-4-13-9-12(6-8-16-13)15-7-3-5-11(14)10-15/h11-13H,2-10,14H2,1H3. The second-order valence-electron chi connectivity index (χ2n) is 5.36. The third-order valence-electron chi connectivity index (χ3n) is 3.96. The highest BCUT2D eigenvalue weighted by Gasteiger charge is 2.29. The van der Waals surface area contributed by atoms with E-state index < -0.39 is 0 Å². The summed E-state index contributed by atoms with van der Waals surface area (Å²) in [4.78, 5) is 2.61. The molecule has 3 heteroatoms. The summed E-state index contributed by atoms with van der Waals surface area (Å²) in [5.74, 6) is 0. The van der Waals surface area contributed by atoms with Gasteiger partial charge in [-0.2, -0.15) is 0 Å². The molecular formula is C13H26N2O. The van der Waals surface area contributed by atoms with Crippen molar-refractivity contribution in [1.29, 1.82) is 0 Å². The Kier molecular flexibility index (Phi) is 4.62. The zero-order chi connectivity index (χ0) is 11.4. The van der Waals surface area contributed by atoms with E-state index in [4.69, 9.17) is 10.5 Å². The van der Waals surface area contributed by atoms with Crippen molar-refractivity contribution in [2.75, 3.05) is 19.7 Å². The van der Waals surface area contributed by atoms with E-state index in [1.165, 1.54) is 45.1 Å².